The van der Waals surface area contributed by atoms with Crippen molar-refractivity contribution in [3.05, 3.63) is 93.5 Å². The Hall–Kier alpha value is -3.17. The summed E-state index contributed by atoms with van der Waals surface area (Å²) < 4.78 is 30.0. The molecule has 0 aliphatic heterocycles. The summed E-state index contributed by atoms with van der Waals surface area (Å²) in [5.74, 6) is -0.774. The van der Waals surface area contributed by atoms with Crippen LogP contribution in [0.3, 0.4) is 0 Å². The second-order valence-corrected chi connectivity index (χ2v) is 13.1. The van der Waals surface area contributed by atoms with Gasteiger partial charge in [0.2, 0.25) is 11.8 Å². The number of anilines is 1. The molecule has 0 saturated carbocycles. The first-order valence-corrected chi connectivity index (χ1v) is 15.6. The number of rotatable bonds is 11. The van der Waals surface area contributed by atoms with Crippen LogP contribution in [0.1, 0.15) is 49.4 Å². The van der Waals surface area contributed by atoms with E-state index in [0.29, 0.717) is 5.69 Å². The van der Waals surface area contributed by atoms with E-state index in [-0.39, 0.29) is 23.4 Å². The highest BCUT2D eigenvalue weighted by Crippen LogP contribution is 2.27. The number of aryl methyl sites for hydroxylation is 3. The van der Waals surface area contributed by atoms with Crippen LogP contribution in [0.5, 0.6) is 0 Å². The molecule has 0 aliphatic rings. The largest absolute Gasteiger partial charge is 0.352 e. The van der Waals surface area contributed by atoms with Crippen molar-refractivity contribution in [3.8, 4) is 0 Å². The monoisotopic (exact) mass is 627 g/mol. The molecule has 9 heteroatoms. The van der Waals surface area contributed by atoms with Crippen LogP contribution < -0.4 is 9.62 Å². The minimum Gasteiger partial charge on any atom is -0.352 e. The molecule has 3 aromatic carbocycles. The average Bonchev–Trinajstić information content (AvgIpc) is 2.90. The van der Waals surface area contributed by atoms with E-state index in [1.807, 2.05) is 65.0 Å². The predicted octanol–water partition coefficient (Wildman–Crippen LogP) is 5.90. The fraction of sp³-hybridized carbons (Fsp3) is 0.355. The van der Waals surface area contributed by atoms with Crippen LogP contribution in [-0.4, -0.2) is 43.8 Å². The van der Waals surface area contributed by atoms with Gasteiger partial charge in [-0.05, 0) is 94.1 Å². The van der Waals surface area contributed by atoms with Crippen molar-refractivity contribution in [1.29, 1.82) is 0 Å². The number of carbonyl (C=O) groups excluding carboxylic acids is 2. The molecule has 3 aromatic rings. The molecule has 0 fully saturated rings. The van der Waals surface area contributed by atoms with Gasteiger partial charge in [-0.3, -0.25) is 13.9 Å². The Labute approximate surface area is 246 Å². The zero-order chi connectivity index (χ0) is 29.6. The molecule has 40 heavy (non-hydrogen) atoms. The van der Waals surface area contributed by atoms with E-state index < -0.39 is 28.5 Å². The van der Waals surface area contributed by atoms with Gasteiger partial charge in [0.25, 0.3) is 10.0 Å². The van der Waals surface area contributed by atoms with Gasteiger partial charge in [0, 0.05) is 17.1 Å². The molecule has 0 spiro atoms. The van der Waals surface area contributed by atoms with Gasteiger partial charge in [0.05, 0.1) is 10.6 Å². The van der Waals surface area contributed by atoms with Crippen LogP contribution in [0.25, 0.3) is 0 Å². The number of nitrogens with one attached hydrogen (secondary N) is 1. The molecule has 1 N–H and O–H groups in total. The number of hydrogen-bond acceptors (Lipinski definition) is 4. The topological polar surface area (TPSA) is 86.8 Å². The van der Waals surface area contributed by atoms with Crippen molar-refractivity contribution in [2.75, 3.05) is 10.8 Å². The van der Waals surface area contributed by atoms with Gasteiger partial charge in [-0.25, -0.2) is 8.42 Å². The SMILES string of the molecule is CC[C@H](C)NC(=O)[C@H](C)N(Cc1ccc(Br)cc1)C(=O)CN(c1cc(C)cc(C)c1)S(=O)(=O)c1ccc(C)cc1. The Balaban J connectivity index is 2.05. The van der Waals surface area contributed by atoms with Gasteiger partial charge in [0.15, 0.2) is 0 Å². The van der Waals surface area contributed by atoms with Crippen LogP contribution >= 0.6 is 15.9 Å². The molecule has 0 radical (unpaired) electrons. The lowest BCUT2D eigenvalue weighted by Crippen LogP contribution is -2.52. The predicted molar refractivity (Wildman–Crippen MR) is 164 cm³/mol. The minimum atomic E-state index is -4.10. The molecule has 2 atom stereocenters. The van der Waals surface area contributed by atoms with Crippen molar-refractivity contribution >= 4 is 43.5 Å². The van der Waals surface area contributed by atoms with Crippen molar-refractivity contribution < 1.29 is 18.0 Å². The Morgan fingerprint density at radius 2 is 1.45 bits per heavy atom. The maximum atomic E-state index is 14.0. The summed E-state index contributed by atoms with van der Waals surface area (Å²) in [7, 11) is -4.10. The zero-order valence-corrected chi connectivity index (χ0v) is 26.3. The van der Waals surface area contributed by atoms with E-state index in [2.05, 4.69) is 21.2 Å². The summed E-state index contributed by atoms with van der Waals surface area (Å²) in [6.07, 6.45) is 0.744. The first-order chi connectivity index (χ1) is 18.8. The van der Waals surface area contributed by atoms with E-state index in [1.165, 1.54) is 4.90 Å². The van der Waals surface area contributed by atoms with Crippen molar-refractivity contribution in [2.24, 2.45) is 0 Å². The van der Waals surface area contributed by atoms with Gasteiger partial charge in [-0.2, -0.15) is 0 Å². The lowest BCUT2D eigenvalue weighted by Gasteiger charge is -2.32. The van der Waals surface area contributed by atoms with E-state index >= 15 is 0 Å². The lowest BCUT2D eigenvalue weighted by molar-refractivity contribution is -0.139. The molecule has 0 heterocycles. The summed E-state index contributed by atoms with van der Waals surface area (Å²) in [4.78, 5) is 28.7. The molecule has 2 amide bonds. The molecule has 0 bridgehead atoms. The van der Waals surface area contributed by atoms with Crippen LogP contribution in [0.15, 0.2) is 76.1 Å². The Kier molecular flexibility index (Phi) is 10.6. The quantitative estimate of drug-likeness (QED) is 0.287. The number of nitrogens with zero attached hydrogens (tertiary/aromatic N) is 2. The Morgan fingerprint density at radius 3 is 2.00 bits per heavy atom. The third-order valence-electron chi connectivity index (χ3n) is 6.82. The van der Waals surface area contributed by atoms with Crippen molar-refractivity contribution in [3.63, 3.8) is 0 Å². The molecule has 3 rings (SSSR count). The summed E-state index contributed by atoms with van der Waals surface area (Å²) in [6, 6.07) is 18.6. The van der Waals surface area contributed by atoms with Crippen LogP contribution in [0.2, 0.25) is 0 Å². The van der Waals surface area contributed by atoms with Crippen LogP contribution in [-0.2, 0) is 26.2 Å². The second-order valence-electron chi connectivity index (χ2n) is 10.3. The molecule has 0 aromatic heterocycles. The fourth-order valence-corrected chi connectivity index (χ4v) is 5.96. The molecule has 0 aliphatic carbocycles. The normalized spacial score (nSPS) is 12.9. The zero-order valence-electron chi connectivity index (χ0n) is 23.9. The maximum absolute atomic E-state index is 14.0. The highest BCUT2D eigenvalue weighted by atomic mass is 79.9. The molecular formula is C31H38BrN3O4S. The number of amides is 2. The molecule has 0 unspecified atom stereocenters. The van der Waals surface area contributed by atoms with Crippen molar-refractivity contribution in [2.45, 2.75) is 71.5 Å². The van der Waals surface area contributed by atoms with Gasteiger partial charge >= 0.3 is 0 Å². The van der Waals surface area contributed by atoms with Gasteiger partial charge in [-0.15, -0.1) is 0 Å². The summed E-state index contributed by atoms with van der Waals surface area (Å²) in [5.41, 5.74) is 3.89. The standard InChI is InChI=1S/C31H38BrN3O4S/c1-7-24(5)33-31(37)25(6)34(19-26-10-12-27(32)13-11-26)30(36)20-35(28-17-22(3)16-23(4)18-28)40(38,39)29-14-8-21(2)9-15-29/h8-18,24-25H,7,19-20H2,1-6H3,(H,33,37)/t24-,25-/m0/s1. The van der Waals surface area contributed by atoms with E-state index in [1.54, 1.807) is 43.3 Å². The maximum Gasteiger partial charge on any atom is 0.264 e. The van der Waals surface area contributed by atoms with Crippen LogP contribution in [0, 0.1) is 20.8 Å². The molecule has 214 valence electrons. The summed E-state index contributed by atoms with van der Waals surface area (Å²) in [5, 5.41) is 2.95. The Morgan fingerprint density at radius 1 is 0.875 bits per heavy atom. The van der Waals surface area contributed by atoms with E-state index in [9.17, 15) is 18.0 Å². The highest BCUT2D eigenvalue weighted by molar-refractivity contribution is 9.10. The number of halogens is 1. The first kappa shape index (κ1) is 31.4. The molecule has 7 nitrogen and oxygen atoms in total. The Bertz CT molecular complexity index is 1420. The van der Waals surface area contributed by atoms with E-state index in [0.717, 1.165) is 37.5 Å². The first-order valence-electron chi connectivity index (χ1n) is 13.3. The van der Waals surface area contributed by atoms with E-state index in [4.69, 9.17) is 0 Å². The third-order valence-corrected chi connectivity index (χ3v) is 9.13. The average molecular weight is 629 g/mol. The second kappa shape index (κ2) is 13.5. The summed E-state index contributed by atoms with van der Waals surface area (Å²) >= 11 is 3.43. The minimum absolute atomic E-state index is 0.0618. The number of sulfonamides is 1. The highest BCUT2D eigenvalue weighted by Gasteiger charge is 2.33. The van der Waals surface area contributed by atoms with Crippen molar-refractivity contribution in [1.82, 2.24) is 10.2 Å². The molecule has 0 saturated heterocycles. The number of benzene rings is 3. The lowest BCUT2D eigenvalue weighted by atomic mass is 10.1. The summed E-state index contributed by atoms with van der Waals surface area (Å²) in [6.45, 7) is 10.9. The van der Waals surface area contributed by atoms with Gasteiger partial charge < -0.3 is 10.2 Å². The smallest absolute Gasteiger partial charge is 0.264 e. The van der Waals surface area contributed by atoms with Gasteiger partial charge in [-0.1, -0.05) is 58.7 Å². The van der Waals surface area contributed by atoms with Crippen LogP contribution in [0.4, 0.5) is 5.69 Å². The number of carbonyl (C=O) groups is 2. The molecular weight excluding hydrogens is 590 g/mol. The number of hydrogen-bond donors (Lipinski definition) is 1. The fourth-order valence-electron chi connectivity index (χ4n) is 4.30. The van der Waals surface area contributed by atoms with Gasteiger partial charge in [0.1, 0.15) is 12.6 Å². The third kappa shape index (κ3) is 7.95.